The number of Topliss-reactive ketones (excluding diaryl/α,β-unsaturated/α-hetero) is 3. The van der Waals surface area contributed by atoms with Gasteiger partial charge in [-0.15, -0.1) is 0 Å². The van der Waals surface area contributed by atoms with Gasteiger partial charge in [0.2, 0.25) is 0 Å². The summed E-state index contributed by atoms with van der Waals surface area (Å²) in [6.45, 7) is 25.7. The largest absolute Gasteiger partial charge is 0.299 e. The molecule has 0 N–H and O–H groups in total. The second kappa shape index (κ2) is 9.52. The van der Waals surface area contributed by atoms with Crippen LogP contribution in [0, 0.1) is 40.4 Å². The van der Waals surface area contributed by atoms with E-state index >= 15 is 0 Å². The van der Waals surface area contributed by atoms with Gasteiger partial charge in [-0.3, -0.25) is 14.4 Å². The first kappa shape index (κ1) is 29.9. The van der Waals surface area contributed by atoms with Crippen LogP contribution in [-0.2, 0) is 22.4 Å². The van der Waals surface area contributed by atoms with Crippen LogP contribution in [0.3, 0.4) is 0 Å². The first-order valence-electron chi connectivity index (χ1n) is 15.3. The summed E-state index contributed by atoms with van der Waals surface area (Å²) < 4.78 is 0. The minimum atomic E-state index is -0.809. The van der Waals surface area contributed by atoms with Gasteiger partial charge in [-0.05, 0) is 111 Å². The number of ketones is 3. The molecule has 0 heterocycles. The highest BCUT2D eigenvalue weighted by Gasteiger charge is 2.65. The zero-order chi connectivity index (χ0) is 29.5. The maximum absolute atomic E-state index is 14.7. The monoisotopic (exact) mass is 532 g/mol. The molecule has 5 atom stereocenters. The van der Waals surface area contributed by atoms with Crippen molar-refractivity contribution in [2.75, 3.05) is 0 Å². The van der Waals surface area contributed by atoms with Crippen molar-refractivity contribution in [2.24, 2.45) is 33.5 Å². The van der Waals surface area contributed by atoms with Crippen molar-refractivity contribution < 1.29 is 14.4 Å². The highest BCUT2D eigenvalue weighted by atomic mass is 16.2. The Labute approximate surface area is 237 Å². The van der Waals surface area contributed by atoms with E-state index in [4.69, 9.17) is 0 Å². The van der Waals surface area contributed by atoms with Crippen LogP contribution in [0.25, 0.3) is 0 Å². The van der Waals surface area contributed by atoms with Gasteiger partial charge in [-0.2, -0.15) is 0 Å². The first-order chi connectivity index (χ1) is 17.8. The average molecular weight is 533 g/mol. The third-order valence-electron chi connectivity index (χ3n) is 11.1. The van der Waals surface area contributed by atoms with Gasteiger partial charge in [-0.1, -0.05) is 67.0 Å². The number of carbonyl (C=O) groups is 3. The fourth-order valence-corrected chi connectivity index (χ4v) is 9.13. The van der Waals surface area contributed by atoms with Crippen LogP contribution >= 0.6 is 0 Å². The maximum Gasteiger partial charge on any atom is 0.190 e. The Morgan fingerprint density at radius 1 is 1.10 bits per heavy atom. The molecule has 0 bridgehead atoms. The zero-order valence-corrected chi connectivity index (χ0v) is 26.8. The third-order valence-corrected chi connectivity index (χ3v) is 11.1. The molecule has 214 valence electrons. The molecule has 0 aliphatic heterocycles. The molecule has 3 heteroatoms. The number of rotatable bonds is 5. The molecule has 4 rings (SSSR count). The van der Waals surface area contributed by atoms with Crippen molar-refractivity contribution in [3.8, 4) is 0 Å². The number of benzene rings is 1. The third kappa shape index (κ3) is 4.51. The fraction of sp³-hybridized carbons (Fsp3) is 0.694. The Kier molecular flexibility index (Phi) is 7.31. The van der Waals surface area contributed by atoms with Gasteiger partial charge in [0, 0.05) is 16.6 Å². The van der Waals surface area contributed by atoms with Crippen molar-refractivity contribution in [2.45, 2.75) is 128 Å². The molecule has 5 unspecified atom stereocenters. The molecule has 1 aromatic carbocycles. The van der Waals surface area contributed by atoms with Gasteiger partial charge in [0.1, 0.15) is 5.78 Å². The van der Waals surface area contributed by atoms with Crippen LogP contribution in [0.5, 0.6) is 0 Å². The molecule has 1 fully saturated rings. The lowest BCUT2D eigenvalue weighted by Gasteiger charge is -2.61. The molecule has 0 radical (unpaired) electrons. The van der Waals surface area contributed by atoms with E-state index in [1.807, 2.05) is 13.8 Å². The van der Waals surface area contributed by atoms with Gasteiger partial charge in [-0.25, -0.2) is 0 Å². The Bertz CT molecular complexity index is 1270. The van der Waals surface area contributed by atoms with Crippen LogP contribution in [0.2, 0.25) is 0 Å². The van der Waals surface area contributed by atoms with Crippen LogP contribution < -0.4 is 0 Å². The Morgan fingerprint density at radius 3 is 2.26 bits per heavy atom. The minimum Gasteiger partial charge on any atom is -0.299 e. The van der Waals surface area contributed by atoms with Crippen molar-refractivity contribution in [3.63, 3.8) is 0 Å². The van der Waals surface area contributed by atoms with Crippen LogP contribution in [0.1, 0.15) is 140 Å². The SMILES string of the molecule is CC(=O)C1C(=O)C2(C)C(C)=C3C(=O)c4c(C)c(CCCC(C)(C)C)cc(C(C)C)c4CC3(C)CC2(C)CC1C. The van der Waals surface area contributed by atoms with E-state index < -0.39 is 11.3 Å². The molecule has 1 saturated carbocycles. The summed E-state index contributed by atoms with van der Waals surface area (Å²) >= 11 is 0. The number of allylic oxidation sites excluding steroid dienone is 2. The molecule has 39 heavy (non-hydrogen) atoms. The molecule has 0 spiro atoms. The summed E-state index contributed by atoms with van der Waals surface area (Å²) in [6, 6.07) is 2.40. The molecule has 3 nitrogen and oxygen atoms in total. The van der Waals surface area contributed by atoms with E-state index in [0.29, 0.717) is 5.92 Å². The molecule has 1 aromatic rings. The lowest BCUT2D eigenvalue weighted by Crippen LogP contribution is -2.61. The van der Waals surface area contributed by atoms with Gasteiger partial charge in [0.15, 0.2) is 11.6 Å². The standard InChI is InChI=1S/C36H52O3/c1-20(2)26-16-25(14-13-15-33(7,8)9)22(4)29-27(26)18-34(10)19-35(11)17-21(3)28(24(6)37)32(39)36(35,12)23(5)30(34)31(29)38/h16,20-21,28H,13-15,17-19H2,1-12H3. The number of hydrogen-bond acceptors (Lipinski definition) is 3. The summed E-state index contributed by atoms with van der Waals surface area (Å²) in [5, 5.41) is 0. The van der Waals surface area contributed by atoms with Gasteiger partial charge >= 0.3 is 0 Å². The number of aryl methyl sites for hydroxylation is 1. The van der Waals surface area contributed by atoms with E-state index in [1.165, 1.54) is 16.7 Å². The topological polar surface area (TPSA) is 51.2 Å². The van der Waals surface area contributed by atoms with Crippen LogP contribution in [0.4, 0.5) is 0 Å². The van der Waals surface area contributed by atoms with Gasteiger partial charge in [0.25, 0.3) is 0 Å². The van der Waals surface area contributed by atoms with E-state index in [9.17, 15) is 14.4 Å². The predicted molar refractivity (Wildman–Crippen MR) is 160 cm³/mol. The molecule has 0 aromatic heterocycles. The first-order valence-corrected chi connectivity index (χ1v) is 15.3. The molecule has 3 aliphatic carbocycles. The molecule has 0 amide bonds. The maximum atomic E-state index is 14.7. The highest BCUT2D eigenvalue weighted by Crippen LogP contribution is 2.67. The summed E-state index contributed by atoms with van der Waals surface area (Å²) in [5.74, 6) is -0.125. The van der Waals surface area contributed by atoms with Crippen molar-refractivity contribution in [3.05, 3.63) is 45.0 Å². The molecule has 0 saturated heterocycles. The zero-order valence-electron chi connectivity index (χ0n) is 26.8. The Morgan fingerprint density at radius 2 is 1.72 bits per heavy atom. The van der Waals surface area contributed by atoms with Gasteiger partial charge in [0.05, 0.1) is 11.3 Å². The van der Waals surface area contributed by atoms with Crippen LogP contribution in [0.15, 0.2) is 17.2 Å². The van der Waals surface area contributed by atoms with E-state index in [-0.39, 0.29) is 39.5 Å². The molecular formula is C36H52O3. The quantitative estimate of drug-likeness (QED) is 0.356. The lowest BCUT2D eigenvalue weighted by molar-refractivity contribution is -0.154. The number of carbonyl (C=O) groups excluding carboxylic acids is 3. The van der Waals surface area contributed by atoms with E-state index in [0.717, 1.165) is 60.8 Å². The smallest absolute Gasteiger partial charge is 0.190 e. The summed E-state index contributed by atoms with van der Waals surface area (Å²) in [7, 11) is 0. The summed E-state index contributed by atoms with van der Waals surface area (Å²) in [4.78, 5) is 41.5. The average Bonchev–Trinajstić information content (AvgIpc) is 2.76. The minimum absolute atomic E-state index is 0.0155. The Hall–Kier alpha value is -2.03. The van der Waals surface area contributed by atoms with Crippen molar-refractivity contribution in [1.29, 1.82) is 0 Å². The fourth-order valence-electron chi connectivity index (χ4n) is 9.13. The molecular weight excluding hydrogens is 480 g/mol. The summed E-state index contributed by atoms with van der Waals surface area (Å²) in [6.07, 6.45) is 5.67. The summed E-state index contributed by atoms with van der Waals surface area (Å²) in [5.41, 5.74) is 6.49. The van der Waals surface area contributed by atoms with E-state index in [2.05, 4.69) is 68.4 Å². The number of hydrogen-bond donors (Lipinski definition) is 0. The van der Waals surface area contributed by atoms with Crippen LogP contribution in [-0.4, -0.2) is 17.3 Å². The van der Waals surface area contributed by atoms with Gasteiger partial charge < -0.3 is 0 Å². The number of fused-ring (bicyclic) bond motifs is 3. The normalized spacial score (nSPS) is 32.7. The highest BCUT2D eigenvalue weighted by molar-refractivity contribution is 6.15. The predicted octanol–water partition coefficient (Wildman–Crippen LogP) is 8.78. The second-order valence-corrected chi connectivity index (χ2v) is 15.7. The van der Waals surface area contributed by atoms with E-state index in [1.54, 1.807) is 6.92 Å². The van der Waals surface area contributed by atoms with Crippen molar-refractivity contribution >= 4 is 17.3 Å². The second-order valence-electron chi connectivity index (χ2n) is 15.7. The van der Waals surface area contributed by atoms with Crippen molar-refractivity contribution in [1.82, 2.24) is 0 Å². The lowest BCUT2D eigenvalue weighted by atomic mass is 9.40. The Balaban J connectivity index is 1.92. The molecule has 3 aliphatic rings.